The Labute approximate surface area is 245 Å². The van der Waals surface area contributed by atoms with Gasteiger partial charge in [0, 0.05) is 31.7 Å². The van der Waals surface area contributed by atoms with E-state index in [1.807, 2.05) is 12.8 Å². The Kier molecular flexibility index (Phi) is 12.4. The molecule has 1 saturated heterocycles. The molecule has 5 N–H and O–H groups in total. The van der Waals surface area contributed by atoms with Gasteiger partial charge < -0.3 is 29.6 Å². The molecule has 0 aromatic heterocycles. The van der Waals surface area contributed by atoms with Gasteiger partial charge in [-0.1, -0.05) is 12.8 Å². The SMILES string of the molecule is C#CC1(F)C(C2=CN=C3C(=O)N=C(N)CCC(C)C3CC2)OC(COP(=O)(NCCOCC)NCC(=O)OCC)C1O. The second-order valence-corrected chi connectivity index (χ2v) is 12.3. The maximum atomic E-state index is 16.2. The zero-order valence-corrected chi connectivity index (χ0v) is 25.1. The summed E-state index contributed by atoms with van der Waals surface area (Å²) in [6.07, 6.45) is 4.29. The maximum Gasteiger partial charge on any atom is 0.341 e. The minimum absolute atomic E-state index is 0.0694. The van der Waals surface area contributed by atoms with Crippen LogP contribution in [0.4, 0.5) is 4.39 Å². The molecule has 7 unspecified atom stereocenters. The number of terminal acetylenes is 1. The number of rotatable bonds is 13. The molecule has 0 radical (unpaired) electrons. The minimum atomic E-state index is -3.91. The van der Waals surface area contributed by atoms with Crippen LogP contribution in [0.25, 0.3) is 0 Å². The van der Waals surface area contributed by atoms with Crippen LogP contribution in [0, 0.1) is 24.2 Å². The Balaban J connectivity index is 1.78. The number of esters is 1. The smallest absolute Gasteiger partial charge is 0.341 e. The molecule has 3 rings (SSSR count). The maximum absolute atomic E-state index is 16.2. The van der Waals surface area contributed by atoms with E-state index in [2.05, 4.69) is 20.2 Å². The number of carbonyl (C=O) groups excluding carboxylic acids is 2. The molecule has 234 valence electrons. The summed E-state index contributed by atoms with van der Waals surface area (Å²) in [6, 6.07) is 0. The lowest BCUT2D eigenvalue weighted by Gasteiger charge is -2.26. The Morgan fingerprint density at radius 1 is 1.33 bits per heavy atom. The lowest BCUT2D eigenvalue weighted by Crippen LogP contribution is -2.44. The van der Waals surface area contributed by atoms with Crippen molar-refractivity contribution < 1.29 is 42.4 Å². The summed E-state index contributed by atoms with van der Waals surface area (Å²) in [7, 11) is -3.91. The molecular weight excluding hydrogens is 572 g/mol. The van der Waals surface area contributed by atoms with Crippen molar-refractivity contribution >= 4 is 31.1 Å². The molecule has 0 spiro atoms. The lowest BCUT2D eigenvalue weighted by molar-refractivity contribution is -0.141. The van der Waals surface area contributed by atoms with Crippen molar-refractivity contribution in [2.45, 2.75) is 70.4 Å². The van der Waals surface area contributed by atoms with E-state index < -0.39 is 56.7 Å². The number of alkyl halides is 1. The highest BCUT2D eigenvalue weighted by Crippen LogP contribution is 2.44. The lowest BCUT2D eigenvalue weighted by atomic mass is 9.80. The molecule has 13 nitrogen and oxygen atoms in total. The number of carbonyl (C=O) groups is 2. The third-order valence-corrected chi connectivity index (χ3v) is 9.16. The van der Waals surface area contributed by atoms with Crippen molar-refractivity contribution in [2.75, 3.05) is 39.5 Å². The largest absolute Gasteiger partial charge is 0.465 e. The zero-order chi connectivity index (χ0) is 30.9. The van der Waals surface area contributed by atoms with Gasteiger partial charge in [0.1, 0.15) is 36.4 Å². The van der Waals surface area contributed by atoms with Crippen molar-refractivity contribution in [3.8, 4) is 12.3 Å². The third kappa shape index (κ3) is 8.32. The summed E-state index contributed by atoms with van der Waals surface area (Å²) in [4.78, 5) is 32.9. The first-order valence-corrected chi connectivity index (χ1v) is 15.7. The van der Waals surface area contributed by atoms with Crippen LogP contribution in [0.3, 0.4) is 0 Å². The number of aliphatic imine (C=N–C) groups is 2. The van der Waals surface area contributed by atoms with Gasteiger partial charge in [-0.15, -0.1) is 6.42 Å². The molecule has 0 aromatic rings. The van der Waals surface area contributed by atoms with Gasteiger partial charge in [0.25, 0.3) is 5.91 Å². The predicted molar refractivity (Wildman–Crippen MR) is 153 cm³/mol. The number of nitrogens with one attached hydrogen (secondary N) is 2. The van der Waals surface area contributed by atoms with E-state index in [0.717, 1.165) is 0 Å². The average Bonchev–Trinajstić information content (AvgIpc) is 3.09. The summed E-state index contributed by atoms with van der Waals surface area (Å²) in [6.45, 7) is 5.35. The highest BCUT2D eigenvalue weighted by atomic mass is 31.2. The first-order valence-electron chi connectivity index (χ1n) is 14.1. The van der Waals surface area contributed by atoms with E-state index in [9.17, 15) is 19.3 Å². The molecule has 15 heteroatoms. The van der Waals surface area contributed by atoms with Crippen LogP contribution >= 0.6 is 7.67 Å². The summed E-state index contributed by atoms with van der Waals surface area (Å²) in [5, 5.41) is 16.1. The molecule has 42 heavy (non-hydrogen) atoms. The van der Waals surface area contributed by atoms with Gasteiger partial charge in [-0.3, -0.25) is 19.1 Å². The Bertz CT molecular complexity index is 1170. The number of hydrogen-bond donors (Lipinski definition) is 4. The van der Waals surface area contributed by atoms with Crippen molar-refractivity contribution in [3.05, 3.63) is 11.8 Å². The number of halogens is 1. The number of amides is 1. The van der Waals surface area contributed by atoms with Crippen molar-refractivity contribution in [3.63, 3.8) is 0 Å². The van der Waals surface area contributed by atoms with Gasteiger partial charge in [-0.2, -0.15) is 4.99 Å². The summed E-state index contributed by atoms with van der Waals surface area (Å²) in [5.74, 6) is 0.910. The topological polar surface area (TPSA) is 183 Å². The molecule has 1 fully saturated rings. The summed E-state index contributed by atoms with van der Waals surface area (Å²) >= 11 is 0. The Morgan fingerprint density at radius 2 is 2.10 bits per heavy atom. The Morgan fingerprint density at radius 3 is 2.79 bits per heavy atom. The van der Waals surface area contributed by atoms with Gasteiger partial charge in [0.05, 0.1) is 19.8 Å². The van der Waals surface area contributed by atoms with Crippen LogP contribution < -0.4 is 15.9 Å². The van der Waals surface area contributed by atoms with Crippen LogP contribution in [0.15, 0.2) is 21.8 Å². The van der Waals surface area contributed by atoms with Crippen LogP contribution in [0.1, 0.15) is 46.5 Å². The van der Waals surface area contributed by atoms with Crippen molar-refractivity contribution in [1.82, 2.24) is 10.2 Å². The molecule has 0 bridgehead atoms. The summed E-state index contributed by atoms with van der Waals surface area (Å²) in [5.41, 5.74) is 3.77. The van der Waals surface area contributed by atoms with E-state index in [1.165, 1.54) is 6.20 Å². The van der Waals surface area contributed by atoms with Crippen LogP contribution in [0.2, 0.25) is 0 Å². The van der Waals surface area contributed by atoms with Crippen LogP contribution in [0.5, 0.6) is 0 Å². The van der Waals surface area contributed by atoms with Gasteiger partial charge in [0.2, 0.25) is 5.67 Å². The number of nitrogens with two attached hydrogens (primary N) is 1. The summed E-state index contributed by atoms with van der Waals surface area (Å²) < 4.78 is 51.2. The third-order valence-electron chi connectivity index (χ3n) is 7.43. The number of aliphatic hydroxyl groups is 1. The van der Waals surface area contributed by atoms with E-state index in [4.69, 9.17) is 30.9 Å². The monoisotopic (exact) mass is 613 g/mol. The number of ether oxygens (including phenoxy) is 3. The first kappa shape index (κ1) is 34.0. The number of aliphatic hydroxyl groups excluding tert-OH is 1. The number of nitrogens with zero attached hydrogens (tertiary/aromatic N) is 2. The van der Waals surface area contributed by atoms with Crippen LogP contribution in [-0.4, -0.2) is 92.0 Å². The molecule has 7 atom stereocenters. The molecule has 3 aliphatic heterocycles. The average molecular weight is 614 g/mol. The highest BCUT2D eigenvalue weighted by Gasteiger charge is 2.58. The second-order valence-electron chi connectivity index (χ2n) is 10.3. The number of fused-ring (bicyclic) bond motifs is 1. The fourth-order valence-electron chi connectivity index (χ4n) is 5.10. The molecule has 1 amide bonds. The quantitative estimate of drug-likeness (QED) is 0.102. The van der Waals surface area contributed by atoms with Crippen LogP contribution in [-0.2, 0) is 32.9 Å². The first-order chi connectivity index (χ1) is 20.0. The fourth-order valence-corrected chi connectivity index (χ4v) is 6.47. The Hall–Kier alpha value is -2.50. The predicted octanol–water partition coefficient (Wildman–Crippen LogP) is 1.41. The molecule has 0 aliphatic carbocycles. The van der Waals surface area contributed by atoms with Gasteiger partial charge >= 0.3 is 13.6 Å². The van der Waals surface area contributed by atoms with E-state index >= 15 is 4.39 Å². The van der Waals surface area contributed by atoms with E-state index in [1.54, 1.807) is 13.8 Å². The number of amidine groups is 1. The zero-order valence-electron chi connectivity index (χ0n) is 24.2. The molecular formula is C27H41FN5O8P. The molecule has 0 saturated carbocycles. The van der Waals surface area contributed by atoms with E-state index in [0.29, 0.717) is 37.9 Å². The minimum Gasteiger partial charge on any atom is -0.465 e. The molecule has 3 heterocycles. The van der Waals surface area contributed by atoms with Gasteiger partial charge in [-0.05, 0) is 44.6 Å². The van der Waals surface area contributed by atoms with E-state index in [-0.39, 0.29) is 43.1 Å². The highest BCUT2D eigenvalue weighted by molar-refractivity contribution is 7.54. The van der Waals surface area contributed by atoms with Crippen molar-refractivity contribution in [1.29, 1.82) is 0 Å². The van der Waals surface area contributed by atoms with Gasteiger partial charge in [0.15, 0.2) is 0 Å². The van der Waals surface area contributed by atoms with Gasteiger partial charge in [-0.25, -0.2) is 14.6 Å². The normalized spacial score (nSPS) is 31.3. The fraction of sp³-hybridized carbons (Fsp3) is 0.704. The standard InChI is InChI=1S/C27H41FN5O8P/c1-5-27(28)24(35)20(16-40-42(37,31-12-13-38-6-2)32-15-22(34)39-7-3)41-25(27)18-9-10-19-17(4)8-11-21(29)33-26(36)23(19)30-14-18/h1,14,17,19-20,24-25,35H,6-13,15-16H2,2-4H3,(H2,29,33,36)(H2,31,32,37). The van der Waals surface area contributed by atoms with Crippen molar-refractivity contribution in [2.24, 2.45) is 27.6 Å². The molecule has 0 aromatic carbocycles. The second kappa shape index (κ2) is 15.3. The number of hydrogen-bond acceptors (Lipinski definition) is 10. The molecule has 3 aliphatic rings.